The van der Waals surface area contributed by atoms with Crippen LogP contribution in [0.5, 0.6) is 0 Å². The molecule has 2 rings (SSSR count). The maximum atomic E-state index is 11.9. The van der Waals surface area contributed by atoms with Crippen molar-refractivity contribution in [3.63, 3.8) is 0 Å². The lowest BCUT2D eigenvalue weighted by atomic mass is 10.3. The largest absolute Gasteiger partial charge is 0.475 e. The van der Waals surface area contributed by atoms with Crippen molar-refractivity contribution in [3.05, 3.63) is 29.8 Å². The van der Waals surface area contributed by atoms with Crippen LogP contribution in [0.3, 0.4) is 0 Å². The molecule has 2 aromatic rings. The molecule has 0 saturated heterocycles. The Balaban J connectivity index is 2.16. The number of carboxylic acid groups (broad SMARTS) is 1. The number of nitrogens with zero attached hydrogens (tertiary/aromatic N) is 3. The summed E-state index contributed by atoms with van der Waals surface area (Å²) in [6.07, 6.45) is 1.56. The summed E-state index contributed by atoms with van der Waals surface area (Å²) < 4.78 is 6.13. The molecule has 0 atom stereocenters. The predicted molar refractivity (Wildman–Crippen MR) is 64.0 cm³/mol. The SMILES string of the molecule is CC(C)n1nccc1NC(=O)c1cc(C(=O)O)on1. The molecule has 0 bridgehead atoms. The highest BCUT2D eigenvalue weighted by molar-refractivity contribution is 6.03. The zero-order chi connectivity index (χ0) is 14.0. The van der Waals surface area contributed by atoms with Crippen LogP contribution in [0, 0.1) is 0 Å². The smallest absolute Gasteiger partial charge is 0.374 e. The Hall–Kier alpha value is -2.64. The van der Waals surface area contributed by atoms with Crippen molar-refractivity contribution in [2.24, 2.45) is 0 Å². The van der Waals surface area contributed by atoms with Crippen molar-refractivity contribution in [2.75, 3.05) is 5.32 Å². The lowest BCUT2D eigenvalue weighted by Gasteiger charge is -2.10. The van der Waals surface area contributed by atoms with Gasteiger partial charge in [-0.3, -0.25) is 4.79 Å². The van der Waals surface area contributed by atoms with E-state index in [-0.39, 0.29) is 17.5 Å². The molecule has 0 radical (unpaired) electrons. The molecule has 8 heteroatoms. The maximum absolute atomic E-state index is 11.9. The number of hydrogen-bond donors (Lipinski definition) is 2. The zero-order valence-electron chi connectivity index (χ0n) is 10.3. The second-order valence-electron chi connectivity index (χ2n) is 4.09. The summed E-state index contributed by atoms with van der Waals surface area (Å²) in [5.74, 6) is -1.72. The Morgan fingerprint density at radius 2 is 2.21 bits per heavy atom. The molecule has 0 fully saturated rings. The summed E-state index contributed by atoms with van der Waals surface area (Å²) in [5, 5.41) is 18.7. The van der Waals surface area contributed by atoms with E-state index < -0.39 is 11.9 Å². The molecule has 0 unspecified atom stereocenters. The third kappa shape index (κ3) is 2.62. The van der Waals surface area contributed by atoms with Crippen molar-refractivity contribution in [1.82, 2.24) is 14.9 Å². The van der Waals surface area contributed by atoms with Crippen LogP contribution in [0.1, 0.15) is 40.9 Å². The monoisotopic (exact) mass is 264 g/mol. The molecule has 100 valence electrons. The van der Waals surface area contributed by atoms with Gasteiger partial charge in [-0.25, -0.2) is 9.48 Å². The minimum absolute atomic E-state index is 0.0807. The summed E-state index contributed by atoms with van der Waals surface area (Å²) >= 11 is 0. The normalized spacial score (nSPS) is 10.7. The van der Waals surface area contributed by atoms with E-state index in [9.17, 15) is 9.59 Å². The molecule has 8 nitrogen and oxygen atoms in total. The molecule has 2 N–H and O–H groups in total. The summed E-state index contributed by atoms with van der Waals surface area (Å²) in [5.41, 5.74) is -0.103. The minimum Gasteiger partial charge on any atom is -0.475 e. The second kappa shape index (κ2) is 4.92. The Morgan fingerprint density at radius 1 is 1.47 bits per heavy atom. The van der Waals surface area contributed by atoms with Gasteiger partial charge in [0.25, 0.3) is 5.91 Å². The van der Waals surface area contributed by atoms with Gasteiger partial charge in [-0.15, -0.1) is 0 Å². The summed E-state index contributed by atoms with van der Waals surface area (Å²) in [6, 6.07) is 2.78. The topological polar surface area (TPSA) is 110 Å². The van der Waals surface area contributed by atoms with Gasteiger partial charge in [-0.1, -0.05) is 5.16 Å². The lowest BCUT2D eigenvalue weighted by molar-refractivity contribution is 0.0651. The number of carbonyl (C=O) groups excluding carboxylic acids is 1. The first-order valence-corrected chi connectivity index (χ1v) is 5.54. The van der Waals surface area contributed by atoms with Crippen molar-refractivity contribution in [1.29, 1.82) is 0 Å². The molecule has 0 spiro atoms. The number of hydrogen-bond acceptors (Lipinski definition) is 5. The first kappa shape index (κ1) is 12.8. The number of carbonyl (C=O) groups is 2. The van der Waals surface area contributed by atoms with Gasteiger partial charge < -0.3 is 14.9 Å². The van der Waals surface area contributed by atoms with Crippen LogP contribution in [0.4, 0.5) is 5.82 Å². The third-order valence-corrected chi connectivity index (χ3v) is 2.35. The van der Waals surface area contributed by atoms with E-state index in [1.807, 2.05) is 13.8 Å². The summed E-state index contributed by atoms with van der Waals surface area (Å²) in [6.45, 7) is 3.84. The lowest BCUT2D eigenvalue weighted by Crippen LogP contribution is -2.17. The second-order valence-corrected chi connectivity index (χ2v) is 4.09. The number of aromatic nitrogens is 3. The van der Waals surface area contributed by atoms with Gasteiger partial charge in [0.1, 0.15) is 5.82 Å². The van der Waals surface area contributed by atoms with Crippen LogP contribution < -0.4 is 5.32 Å². The average Bonchev–Trinajstić information content (AvgIpc) is 2.96. The van der Waals surface area contributed by atoms with Crippen molar-refractivity contribution in [3.8, 4) is 0 Å². The average molecular weight is 264 g/mol. The maximum Gasteiger partial charge on any atom is 0.374 e. The molecule has 2 aromatic heterocycles. The number of nitrogens with one attached hydrogen (secondary N) is 1. The van der Waals surface area contributed by atoms with Crippen LogP contribution in [0.2, 0.25) is 0 Å². The van der Waals surface area contributed by atoms with Crippen LogP contribution in [-0.2, 0) is 0 Å². The van der Waals surface area contributed by atoms with Crippen molar-refractivity contribution >= 4 is 17.7 Å². The molecule has 0 aliphatic carbocycles. The summed E-state index contributed by atoms with van der Waals surface area (Å²) in [7, 11) is 0. The molecule has 19 heavy (non-hydrogen) atoms. The van der Waals surface area contributed by atoms with Crippen LogP contribution >= 0.6 is 0 Å². The van der Waals surface area contributed by atoms with Crippen LogP contribution in [0.15, 0.2) is 22.9 Å². The Labute approximate surface area is 108 Å². The van der Waals surface area contributed by atoms with E-state index in [1.54, 1.807) is 16.9 Å². The van der Waals surface area contributed by atoms with Gasteiger partial charge in [-0.05, 0) is 13.8 Å². The Morgan fingerprint density at radius 3 is 2.79 bits per heavy atom. The van der Waals surface area contributed by atoms with Gasteiger partial charge in [0, 0.05) is 18.2 Å². The zero-order valence-corrected chi connectivity index (χ0v) is 10.3. The number of carboxylic acids is 1. The Bertz CT molecular complexity index is 614. The van der Waals surface area contributed by atoms with Gasteiger partial charge in [0.15, 0.2) is 5.69 Å². The predicted octanol–water partition coefficient (Wildman–Crippen LogP) is 1.40. The standard InChI is InChI=1S/C11H12N4O4/c1-6(2)15-9(3-4-12-15)13-10(16)7-5-8(11(17)18)19-14-7/h3-6H,1-2H3,(H,13,16)(H,17,18). The highest BCUT2D eigenvalue weighted by Crippen LogP contribution is 2.14. The van der Waals surface area contributed by atoms with E-state index in [1.165, 1.54) is 0 Å². The van der Waals surface area contributed by atoms with Crippen molar-refractivity contribution in [2.45, 2.75) is 19.9 Å². The molecule has 0 aromatic carbocycles. The number of rotatable bonds is 4. The molecule has 1 amide bonds. The fourth-order valence-corrected chi connectivity index (χ4v) is 1.49. The highest BCUT2D eigenvalue weighted by atomic mass is 16.5. The van der Waals surface area contributed by atoms with Gasteiger partial charge in [-0.2, -0.15) is 5.10 Å². The van der Waals surface area contributed by atoms with E-state index in [0.29, 0.717) is 5.82 Å². The molecule has 0 saturated carbocycles. The van der Waals surface area contributed by atoms with E-state index >= 15 is 0 Å². The quantitative estimate of drug-likeness (QED) is 0.863. The molecular formula is C11H12N4O4. The minimum atomic E-state index is -1.28. The molecule has 0 aliphatic heterocycles. The number of amides is 1. The van der Waals surface area contributed by atoms with Crippen LogP contribution in [0.25, 0.3) is 0 Å². The van der Waals surface area contributed by atoms with E-state index in [0.717, 1.165) is 6.07 Å². The van der Waals surface area contributed by atoms with E-state index in [2.05, 4.69) is 20.1 Å². The fraction of sp³-hybridized carbons (Fsp3) is 0.273. The van der Waals surface area contributed by atoms with Crippen LogP contribution in [-0.4, -0.2) is 31.9 Å². The fourth-order valence-electron chi connectivity index (χ4n) is 1.49. The van der Waals surface area contributed by atoms with Gasteiger partial charge in [0.2, 0.25) is 5.76 Å². The van der Waals surface area contributed by atoms with Gasteiger partial charge in [0.05, 0.1) is 6.20 Å². The highest BCUT2D eigenvalue weighted by Gasteiger charge is 2.18. The molecule has 0 aliphatic rings. The Kier molecular flexibility index (Phi) is 3.32. The first-order chi connectivity index (χ1) is 8.99. The molecule has 2 heterocycles. The van der Waals surface area contributed by atoms with Crippen molar-refractivity contribution < 1.29 is 19.2 Å². The van der Waals surface area contributed by atoms with E-state index in [4.69, 9.17) is 5.11 Å². The first-order valence-electron chi connectivity index (χ1n) is 5.54. The molecular weight excluding hydrogens is 252 g/mol. The third-order valence-electron chi connectivity index (χ3n) is 2.35. The number of anilines is 1. The van der Waals surface area contributed by atoms with Gasteiger partial charge >= 0.3 is 5.97 Å². The number of aromatic carboxylic acids is 1. The summed E-state index contributed by atoms with van der Waals surface area (Å²) in [4.78, 5) is 22.5.